The molecule has 0 fully saturated rings. The van der Waals surface area contributed by atoms with E-state index in [1.165, 1.54) is 0 Å². The third-order valence-corrected chi connectivity index (χ3v) is 1.89. The van der Waals surface area contributed by atoms with Gasteiger partial charge in [-0.05, 0) is 12.1 Å². The van der Waals surface area contributed by atoms with E-state index in [0.717, 1.165) is 0 Å². The minimum Gasteiger partial charge on any atom is -0.482 e. The van der Waals surface area contributed by atoms with Crippen molar-refractivity contribution >= 4 is 11.8 Å². The highest BCUT2D eigenvalue weighted by Crippen LogP contribution is 2.16. The van der Waals surface area contributed by atoms with Crippen molar-refractivity contribution < 1.29 is 14.3 Å². The SMILES string of the molecule is NNC(=O)COc1ccccc1C#CCC(N)=O. The van der Waals surface area contributed by atoms with Gasteiger partial charge >= 0.3 is 0 Å². The van der Waals surface area contributed by atoms with E-state index >= 15 is 0 Å². The van der Waals surface area contributed by atoms with Crippen LogP contribution < -0.4 is 21.7 Å². The molecular formula is C12H13N3O3. The van der Waals surface area contributed by atoms with Crippen LogP contribution in [0.4, 0.5) is 0 Å². The van der Waals surface area contributed by atoms with E-state index in [1.54, 1.807) is 24.3 Å². The highest BCUT2D eigenvalue weighted by molar-refractivity contribution is 5.77. The molecule has 0 saturated heterocycles. The number of nitrogens with two attached hydrogens (primary N) is 2. The molecule has 6 nitrogen and oxygen atoms in total. The Kier molecular flexibility index (Phi) is 5.22. The molecule has 6 heteroatoms. The minimum atomic E-state index is -0.497. The lowest BCUT2D eigenvalue weighted by molar-refractivity contribution is -0.123. The molecule has 2 amide bonds. The molecule has 0 atom stereocenters. The first kappa shape index (κ1) is 13.5. The van der Waals surface area contributed by atoms with Gasteiger partial charge in [-0.3, -0.25) is 15.0 Å². The molecule has 1 rings (SSSR count). The van der Waals surface area contributed by atoms with E-state index in [1.807, 2.05) is 5.43 Å². The van der Waals surface area contributed by atoms with Gasteiger partial charge in [-0.15, -0.1) is 0 Å². The second-order valence-electron chi connectivity index (χ2n) is 3.30. The van der Waals surface area contributed by atoms with Gasteiger partial charge in [-0.25, -0.2) is 5.84 Å². The van der Waals surface area contributed by atoms with Gasteiger partial charge in [0.1, 0.15) is 5.75 Å². The van der Waals surface area contributed by atoms with Crippen LogP contribution in [0.2, 0.25) is 0 Å². The third kappa shape index (κ3) is 4.55. The van der Waals surface area contributed by atoms with Crippen LogP contribution in [-0.4, -0.2) is 18.4 Å². The van der Waals surface area contributed by atoms with E-state index in [0.29, 0.717) is 11.3 Å². The van der Waals surface area contributed by atoms with Gasteiger partial charge in [0.25, 0.3) is 5.91 Å². The monoisotopic (exact) mass is 247 g/mol. The number of amides is 2. The average molecular weight is 247 g/mol. The number of hydrogen-bond acceptors (Lipinski definition) is 4. The van der Waals surface area contributed by atoms with E-state index in [9.17, 15) is 9.59 Å². The lowest BCUT2D eigenvalue weighted by Gasteiger charge is -2.06. The Balaban J connectivity index is 2.75. The number of ether oxygens (including phenoxy) is 1. The van der Waals surface area contributed by atoms with Crippen molar-refractivity contribution in [2.24, 2.45) is 11.6 Å². The van der Waals surface area contributed by atoms with Crippen LogP contribution in [0.15, 0.2) is 24.3 Å². The van der Waals surface area contributed by atoms with E-state index < -0.39 is 11.8 Å². The minimum absolute atomic E-state index is 0.0301. The lowest BCUT2D eigenvalue weighted by atomic mass is 10.2. The largest absolute Gasteiger partial charge is 0.482 e. The number of benzene rings is 1. The summed E-state index contributed by atoms with van der Waals surface area (Å²) in [5.41, 5.74) is 7.50. The zero-order valence-corrected chi connectivity index (χ0v) is 9.60. The Morgan fingerprint density at radius 2 is 2.06 bits per heavy atom. The highest BCUT2D eigenvalue weighted by Gasteiger charge is 2.03. The summed E-state index contributed by atoms with van der Waals surface area (Å²) in [5.74, 6) is 9.79. The maximum atomic E-state index is 10.9. The van der Waals surface area contributed by atoms with Crippen molar-refractivity contribution in [1.29, 1.82) is 0 Å². The van der Waals surface area contributed by atoms with Gasteiger partial charge in [0, 0.05) is 0 Å². The number of rotatable bonds is 4. The maximum absolute atomic E-state index is 10.9. The third-order valence-electron chi connectivity index (χ3n) is 1.89. The zero-order valence-electron chi connectivity index (χ0n) is 9.60. The Bertz CT molecular complexity index is 503. The van der Waals surface area contributed by atoms with Crippen LogP contribution in [0.5, 0.6) is 5.75 Å². The molecule has 0 aliphatic rings. The van der Waals surface area contributed by atoms with Gasteiger partial charge in [-0.2, -0.15) is 0 Å². The number of primary amides is 1. The molecule has 1 aromatic carbocycles. The fraction of sp³-hybridized carbons (Fsp3) is 0.167. The number of hydrazine groups is 1. The van der Waals surface area contributed by atoms with Crippen molar-refractivity contribution in [3.05, 3.63) is 29.8 Å². The second kappa shape index (κ2) is 6.93. The van der Waals surface area contributed by atoms with Crippen molar-refractivity contribution in [1.82, 2.24) is 5.43 Å². The Labute approximate surface area is 104 Å². The van der Waals surface area contributed by atoms with Gasteiger partial charge < -0.3 is 10.5 Å². The fourth-order valence-corrected chi connectivity index (χ4v) is 1.11. The second-order valence-corrected chi connectivity index (χ2v) is 3.30. The van der Waals surface area contributed by atoms with Gasteiger partial charge in [0.05, 0.1) is 12.0 Å². The Morgan fingerprint density at radius 3 is 2.72 bits per heavy atom. The first-order chi connectivity index (χ1) is 8.63. The zero-order chi connectivity index (χ0) is 13.4. The summed E-state index contributed by atoms with van der Waals surface area (Å²) in [5, 5.41) is 0. The van der Waals surface area contributed by atoms with Gasteiger partial charge in [-0.1, -0.05) is 24.0 Å². The highest BCUT2D eigenvalue weighted by atomic mass is 16.5. The van der Waals surface area contributed by atoms with E-state index in [2.05, 4.69) is 11.8 Å². The van der Waals surface area contributed by atoms with Crippen LogP contribution in [0.25, 0.3) is 0 Å². The molecule has 0 aliphatic heterocycles. The molecule has 18 heavy (non-hydrogen) atoms. The molecule has 5 N–H and O–H groups in total. The fourth-order valence-electron chi connectivity index (χ4n) is 1.11. The predicted octanol–water partition coefficient (Wildman–Crippen LogP) is -0.718. The van der Waals surface area contributed by atoms with Crippen LogP contribution in [0, 0.1) is 11.8 Å². The molecule has 0 aliphatic carbocycles. The number of nitrogens with one attached hydrogen (secondary N) is 1. The molecule has 94 valence electrons. The normalized spacial score (nSPS) is 8.94. The van der Waals surface area contributed by atoms with Crippen LogP contribution in [0.3, 0.4) is 0 Å². The molecule has 0 radical (unpaired) electrons. The van der Waals surface area contributed by atoms with Crippen LogP contribution in [0.1, 0.15) is 12.0 Å². The molecule has 0 bridgehead atoms. The number of carbonyl (C=O) groups excluding carboxylic acids is 2. The lowest BCUT2D eigenvalue weighted by Crippen LogP contribution is -2.34. The van der Waals surface area contributed by atoms with Crippen LogP contribution >= 0.6 is 0 Å². The van der Waals surface area contributed by atoms with Crippen molar-refractivity contribution in [2.45, 2.75) is 6.42 Å². The number of carbonyl (C=O) groups is 2. The quantitative estimate of drug-likeness (QED) is 0.282. The van der Waals surface area contributed by atoms with Crippen LogP contribution in [-0.2, 0) is 9.59 Å². The maximum Gasteiger partial charge on any atom is 0.271 e. The molecule has 1 aromatic rings. The first-order valence-corrected chi connectivity index (χ1v) is 5.12. The number of hydrogen-bond donors (Lipinski definition) is 3. The summed E-state index contributed by atoms with van der Waals surface area (Å²) >= 11 is 0. The molecule has 0 heterocycles. The smallest absolute Gasteiger partial charge is 0.271 e. The molecule has 0 unspecified atom stereocenters. The molecular weight excluding hydrogens is 234 g/mol. The molecule has 0 aromatic heterocycles. The standard InChI is InChI=1S/C12H13N3O3/c13-11(16)7-3-5-9-4-1-2-6-10(9)18-8-12(17)15-14/h1-2,4,6H,7-8,14H2,(H2,13,16)(H,15,17). The van der Waals surface area contributed by atoms with Gasteiger partial charge in [0.15, 0.2) is 6.61 Å². The first-order valence-electron chi connectivity index (χ1n) is 5.12. The Morgan fingerprint density at radius 1 is 1.33 bits per heavy atom. The molecule has 0 spiro atoms. The number of para-hydroxylation sites is 1. The van der Waals surface area contributed by atoms with Crippen molar-refractivity contribution in [3.8, 4) is 17.6 Å². The van der Waals surface area contributed by atoms with Gasteiger partial charge in [0.2, 0.25) is 5.91 Å². The predicted molar refractivity (Wildman–Crippen MR) is 65.0 cm³/mol. The van der Waals surface area contributed by atoms with Crippen molar-refractivity contribution in [3.63, 3.8) is 0 Å². The summed E-state index contributed by atoms with van der Waals surface area (Å²) in [6.45, 7) is -0.203. The summed E-state index contributed by atoms with van der Waals surface area (Å²) < 4.78 is 5.24. The summed E-state index contributed by atoms with van der Waals surface area (Å²) in [7, 11) is 0. The van der Waals surface area contributed by atoms with E-state index in [-0.39, 0.29) is 13.0 Å². The Hall–Kier alpha value is -2.52. The van der Waals surface area contributed by atoms with E-state index in [4.69, 9.17) is 16.3 Å². The summed E-state index contributed by atoms with van der Waals surface area (Å²) in [6, 6.07) is 6.89. The molecule has 0 saturated carbocycles. The topological polar surface area (TPSA) is 107 Å². The van der Waals surface area contributed by atoms with Crippen molar-refractivity contribution in [2.75, 3.05) is 6.61 Å². The summed E-state index contributed by atoms with van der Waals surface area (Å²) in [6.07, 6.45) is -0.0301. The summed E-state index contributed by atoms with van der Waals surface area (Å²) in [4.78, 5) is 21.5. The average Bonchev–Trinajstić information content (AvgIpc) is 2.36.